The molecule has 1 atom stereocenters. The van der Waals surface area contributed by atoms with E-state index in [-0.39, 0.29) is 6.79 Å². The van der Waals surface area contributed by atoms with Crippen LogP contribution < -0.4 is 19.9 Å². The fourth-order valence-corrected chi connectivity index (χ4v) is 1.45. The lowest BCUT2D eigenvalue weighted by Gasteiger charge is -2.11. The van der Waals surface area contributed by atoms with Gasteiger partial charge in [-0.25, -0.2) is 4.39 Å². The Labute approximate surface area is 86.7 Å². The summed E-state index contributed by atoms with van der Waals surface area (Å²) in [6.07, 6.45) is 0. The number of hydrogen-bond donors (Lipinski definition) is 1. The smallest absolute Gasteiger partial charge is 0.231 e. The van der Waals surface area contributed by atoms with Gasteiger partial charge in [-0.05, 0) is 17.7 Å². The predicted octanol–water partition coefficient (Wildman–Crippen LogP) is 1.39. The molecule has 0 amide bonds. The predicted molar refractivity (Wildman–Crippen MR) is 52.0 cm³/mol. The third kappa shape index (κ3) is 1.70. The summed E-state index contributed by atoms with van der Waals surface area (Å²) in [7, 11) is 1.52. The summed E-state index contributed by atoms with van der Waals surface area (Å²) in [5.41, 5.74) is 6.22. The fraction of sp³-hybridized carbons (Fsp3) is 0.400. The maximum atomic E-state index is 12.4. The molecule has 0 unspecified atom stereocenters. The Morgan fingerprint density at radius 2 is 2.33 bits per heavy atom. The van der Waals surface area contributed by atoms with Crippen molar-refractivity contribution >= 4 is 0 Å². The first-order valence-electron chi connectivity index (χ1n) is 4.55. The van der Waals surface area contributed by atoms with Crippen molar-refractivity contribution in [2.24, 2.45) is 5.73 Å². The van der Waals surface area contributed by atoms with Crippen molar-refractivity contribution < 1.29 is 18.6 Å². The lowest BCUT2D eigenvalue weighted by Crippen LogP contribution is -2.12. The van der Waals surface area contributed by atoms with Crippen molar-refractivity contribution in [3.8, 4) is 17.2 Å². The SMILES string of the molecule is COc1cc([C@H](N)CF)cc2c1OCO2. The first-order valence-corrected chi connectivity index (χ1v) is 4.55. The molecular weight excluding hydrogens is 201 g/mol. The van der Waals surface area contributed by atoms with E-state index in [9.17, 15) is 4.39 Å². The van der Waals surface area contributed by atoms with Gasteiger partial charge in [0.05, 0.1) is 13.2 Å². The van der Waals surface area contributed by atoms with Crippen molar-refractivity contribution in [1.82, 2.24) is 0 Å². The second-order valence-electron chi connectivity index (χ2n) is 3.22. The minimum absolute atomic E-state index is 0.153. The Morgan fingerprint density at radius 3 is 3.00 bits per heavy atom. The zero-order valence-corrected chi connectivity index (χ0v) is 8.33. The summed E-state index contributed by atoms with van der Waals surface area (Å²) in [6, 6.07) is 2.68. The lowest BCUT2D eigenvalue weighted by atomic mass is 10.1. The highest BCUT2D eigenvalue weighted by atomic mass is 19.1. The molecule has 1 aliphatic heterocycles. The maximum absolute atomic E-state index is 12.4. The van der Waals surface area contributed by atoms with E-state index in [1.54, 1.807) is 12.1 Å². The summed E-state index contributed by atoms with van der Waals surface area (Å²) in [4.78, 5) is 0. The van der Waals surface area contributed by atoms with Crippen molar-refractivity contribution in [2.75, 3.05) is 20.6 Å². The van der Waals surface area contributed by atoms with Crippen LogP contribution in [0.4, 0.5) is 4.39 Å². The molecule has 15 heavy (non-hydrogen) atoms. The molecule has 2 rings (SSSR count). The zero-order valence-electron chi connectivity index (χ0n) is 8.33. The Balaban J connectivity index is 2.43. The van der Waals surface area contributed by atoms with E-state index in [1.807, 2.05) is 0 Å². The quantitative estimate of drug-likeness (QED) is 0.824. The molecule has 0 saturated carbocycles. The van der Waals surface area contributed by atoms with E-state index < -0.39 is 12.7 Å². The number of nitrogens with two attached hydrogens (primary N) is 1. The number of benzene rings is 1. The van der Waals surface area contributed by atoms with Crippen molar-refractivity contribution in [2.45, 2.75) is 6.04 Å². The molecule has 2 N–H and O–H groups in total. The van der Waals surface area contributed by atoms with Gasteiger partial charge in [-0.15, -0.1) is 0 Å². The van der Waals surface area contributed by atoms with Crippen molar-refractivity contribution in [3.63, 3.8) is 0 Å². The topological polar surface area (TPSA) is 53.7 Å². The molecule has 4 nitrogen and oxygen atoms in total. The van der Waals surface area contributed by atoms with Gasteiger partial charge < -0.3 is 19.9 Å². The van der Waals surface area contributed by atoms with Crippen LogP contribution in [0.25, 0.3) is 0 Å². The summed E-state index contributed by atoms with van der Waals surface area (Å²) in [5, 5.41) is 0. The van der Waals surface area contributed by atoms with Crippen molar-refractivity contribution in [1.29, 1.82) is 0 Å². The third-order valence-corrected chi connectivity index (χ3v) is 2.28. The minimum Gasteiger partial charge on any atom is -0.493 e. The number of alkyl halides is 1. The van der Waals surface area contributed by atoms with Gasteiger partial charge in [0.15, 0.2) is 11.5 Å². The van der Waals surface area contributed by atoms with E-state index in [4.69, 9.17) is 19.9 Å². The average molecular weight is 213 g/mol. The Morgan fingerprint density at radius 1 is 1.53 bits per heavy atom. The van der Waals surface area contributed by atoms with Crippen LogP contribution in [0, 0.1) is 0 Å². The highest BCUT2D eigenvalue weighted by Crippen LogP contribution is 2.42. The van der Waals surface area contributed by atoms with Gasteiger partial charge in [0.1, 0.15) is 6.67 Å². The van der Waals surface area contributed by atoms with E-state index in [2.05, 4.69) is 0 Å². The Bertz CT molecular complexity index is 370. The molecule has 0 saturated heterocycles. The molecule has 82 valence electrons. The van der Waals surface area contributed by atoms with Gasteiger partial charge in [0.25, 0.3) is 0 Å². The normalized spacial score (nSPS) is 15.1. The highest BCUT2D eigenvalue weighted by molar-refractivity contribution is 5.55. The van der Waals surface area contributed by atoms with Gasteiger partial charge in [0, 0.05) is 0 Å². The molecule has 0 radical (unpaired) electrons. The van der Waals surface area contributed by atoms with Crippen LogP contribution in [-0.2, 0) is 0 Å². The number of ether oxygens (including phenoxy) is 3. The number of hydrogen-bond acceptors (Lipinski definition) is 4. The van der Waals surface area contributed by atoms with Crippen LogP contribution >= 0.6 is 0 Å². The van der Waals surface area contributed by atoms with Gasteiger partial charge in [-0.3, -0.25) is 0 Å². The van der Waals surface area contributed by atoms with E-state index in [1.165, 1.54) is 7.11 Å². The molecule has 0 aromatic heterocycles. The number of methoxy groups -OCH3 is 1. The van der Waals surface area contributed by atoms with Crippen LogP contribution in [0.5, 0.6) is 17.2 Å². The largest absolute Gasteiger partial charge is 0.493 e. The first-order chi connectivity index (χ1) is 7.26. The number of halogens is 1. The zero-order chi connectivity index (χ0) is 10.8. The molecular formula is C10H12FNO3. The molecule has 0 bridgehead atoms. The molecule has 1 heterocycles. The molecule has 1 aromatic rings. The van der Waals surface area contributed by atoms with E-state index >= 15 is 0 Å². The summed E-state index contributed by atoms with van der Waals surface area (Å²) in [6.45, 7) is -0.469. The van der Waals surface area contributed by atoms with Gasteiger partial charge >= 0.3 is 0 Å². The molecule has 1 aromatic carbocycles. The van der Waals surface area contributed by atoms with Crippen LogP contribution in [-0.4, -0.2) is 20.6 Å². The standard InChI is InChI=1S/C10H12FNO3/c1-13-8-2-6(7(12)4-11)3-9-10(8)15-5-14-9/h2-3,7H,4-5,12H2,1H3/t7-/m1/s1. The average Bonchev–Trinajstić information content (AvgIpc) is 2.74. The molecule has 1 aliphatic rings. The van der Waals surface area contributed by atoms with Crippen LogP contribution in [0.1, 0.15) is 11.6 Å². The summed E-state index contributed by atoms with van der Waals surface area (Å²) < 4.78 is 27.9. The highest BCUT2D eigenvalue weighted by Gasteiger charge is 2.21. The molecule has 0 fully saturated rings. The maximum Gasteiger partial charge on any atom is 0.231 e. The van der Waals surface area contributed by atoms with Gasteiger partial charge in [-0.2, -0.15) is 0 Å². The van der Waals surface area contributed by atoms with E-state index in [0.717, 1.165) is 0 Å². The fourth-order valence-electron chi connectivity index (χ4n) is 1.45. The summed E-state index contributed by atoms with van der Waals surface area (Å²) >= 11 is 0. The van der Waals surface area contributed by atoms with Crippen LogP contribution in [0.15, 0.2) is 12.1 Å². The number of rotatable bonds is 3. The first kappa shape index (κ1) is 10.0. The van der Waals surface area contributed by atoms with Crippen LogP contribution in [0.2, 0.25) is 0 Å². The third-order valence-electron chi connectivity index (χ3n) is 2.28. The molecule has 5 heteroatoms. The van der Waals surface area contributed by atoms with Gasteiger partial charge in [0.2, 0.25) is 12.5 Å². The Hall–Kier alpha value is -1.49. The lowest BCUT2D eigenvalue weighted by molar-refractivity contribution is 0.171. The Kier molecular flexibility index (Phi) is 2.64. The van der Waals surface area contributed by atoms with Crippen molar-refractivity contribution in [3.05, 3.63) is 17.7 Å². The van der Waals surface area contributed by atoms with E-state index in [0.29, 0.717) is 22.8 Å². The molecule has 0 spiro atoms. The number of fused-ring (bicyclic) bond motifs is 1. The second kappa shape index (κ2) is 3.94. The van der Waals surface area contributed by atoms with Gasteiger partial charge in [-0.1, -0.05) is 0 Å². The summed E-state index contributed by atoms with van der Waals surface area (Å²) in [5.74, 6) is 1.62. The molecule has 0 aliphatic carbocycles. The minimum atomic E-state index is -0.659. The second-order valence-corrected chi connectivity index (χ2v) is 3.22. The van der Waals surface area contributed by atoms with Crippen LogP contribution in [0.3, 0.4) is 0 Å². The monoisotopic (exact) mass is 213 g/mol.